The fraction of sp³-hybridized carbons (Fsp3) is 0.0556. The average molecular weight is 304 g/mol. The number of hydrogen-bond donors (Lipinski definition) is 1. The van der Waals surface area contributed by atoms with Gasteiger partial charge in [-0.05, 0) is 25.1 Å². The van der Waals surface area contributed by atoms with Crippen LogP contribution in [0.15, 0.2) is 73.2 Å². The highest BCUT2D eigenvalue weighted by molar-refractivity contribution is 5.99. The van der Waals surface area contributed by atoms with E-state index in [1.807, 2.05) is 60.1 Å². The molecule has 0 saturated heterocycles. The molecule has 0 fully saturated rings. The van der Waals surface area contributed by atoms with E-state index in [2.05, 4.69) is 15.3 Å². The predicted molar refractivity (Wildman–Crippen MR) is 91.0 cm³/mol. The normalized spacial score (nSPS) is 11.5. The van der Waals surface area contributed by atoms with Gasteiger partial charge in [-0.3, -0.25) is 9.20 Å². The van der Waals surface area contributed by atoms with Crippen molar-refractivity contribution in [1.82, 2.24) is 14.4 Å². The first-order valence-corrected chi connectivity index (χ1v) is 7.27. The summed E-state index contributed by atoms with van der Waals surface area (Å²) >= 11 is 0. The standard InChI is InChI=1S/C18H16N4O/c1-2-3-4-6-17(23)20-15-9-7-14(8-10-15)16-13-22-12-5-11-19-18(22)21-16/h2-13H,1H3,(H,20,23). The Morgan fingerprint density at radius 2 is 2.04 bits per heavy atom. The smallest absolute Gasteiger partial charge is 0.248 e. The topological polar surface area (TPSA) is 59.3 Å². The number of carbonyl (C=O) groups is 1. The Labute approximate surface area is 134 Å². The van der Waals surface area contributed by atoms with Crippen LogP contribution >= 0.6 is 0 Å². The van der Waals surface area contributed by atoms with Crippen molar-refractivity contribution in [3.63, 3.8) is 0 Å². The van der Waals surface area contributed by atoms with Crippen molar-refractivity contribution in [1.29, 1.82) is 0 Å². The zero-order chi connectivity index (χ0) is 16.1. The lowest BCUT2D eigenvalue weighted by Crippen LogP contribution is -2.07. The first kappa shape index (κ1) is 14.7. The van der Waals surface area contributed by atoms with Crippen LogP contribution in [0.1, 0.15) is 6.92 Å². The van der Waals surface area contributed by atoms with E-state index < -0.39 is 0 Å². The second kappa shape index (κ2) is 6.70. The molecular formula is C18H16N4O. The molecule has 1 amide bonds. The molecule has 1 N–H and O–H groups in total. The van der Waals surface area contributed by atoms with E-state index in [0.717, 1.165) is 16.9 Å². The van der Waals surface area contributed by atoms with Gasteiger partial charge in [-0.2, -0.15) is 0 Å². The Morgan fingerprint density at radius 1 is 1.22 bits per heavy atom. The third-order valence-corrected chi connectivity index (χ3v) is 3.23. The second-order valence-electron chi connectivity index (χ2n) is 4.90. The number of carbonyl (C=O) groups excluding carboxylic acids is 1. The second-order valence-corrected chi connectivity index (χ2v) is 4.90. The van der Waals surface area contributed by atoms with Crippen molar-refractivity contribution in [3.05, 3.63) is 73.2 Å². The molecule has 3 rings (SSSR count). The lowest BCUT2D eigenvalue weighted by molar-refractivity contribution is -0.111. The number of fused-ring (bicyclic) bond motifs is 1. The monoisotopic (exact) mass is 304 g/mol. The molecule has 0 spiro atoms. The number of nitrogens with zero attached hydrogens (tertiary/aromatic N) is 3. The van der Waals surface area contributed by atoms with Crippen molar-refractivity contribution in [2.45, 2.75) is 6.92 Å². The highest BCUT2D eigenvalue weighted by Crippen LogP contribution is 2.20. The van der Waals surface area contributed by atoms with Crippen LogP contribution in [-0.4, -0.2) is 20.3 Å². The predicted octanol–water partition coefficient (Wildman–Crippen LogP) is 3.47. The lowest BCUT2D eigenvalue weighted by atomic mass is 10.1. The maximum Gasteiger partial charge on any atom is 0.248 e. The van der Waals surface area contributed by atoms with E-state index in [1.165, 1.54) is 6.08 Å². The van der Waals surface area contributed by atoms with Crippen molar-refractivity contribution < 1.29 is 4.79 Å². The van der Waals surface area contributed by atoms with E-state index in [4.69, 9.17) is 0 Å². The number of anilines is 1. The van der Waals surface area contributed by atoms with Gasteiger partial charge in [-0.1, -0.05) is 30.4 Å². The van der Waals surface area contributed by atoms with Crippen LogP contribution in [-0.2, 0) is 4.79 Å². The van der Waals surface area contributed by atoms with E-state index in [0.29, 0.717) is 5.78 Å². The van der Waals surface area contributed by atoms with E-state index in [1.54, 1.807) is 18.3 Å². The molecule has 0 aliphatic carbocycles. The van der Waals surface area contributed by atoms with Crippen molar-refractivity contribution in [2.24, 2.45) is 0 Å². The lowest BCUT2D eigenvalue weighted by Gasteiger charge is -2.03. The number of benzene rings is 1. The zero-order valence-electron chi connectivity index (χ0n) is 12.7. The molecule has 0 radical (unpaired) electrons. The fourth-order valence-electron chi connectivity index (χ4n) is 2.13. The largest absolute Gasteiger partial charge is 0.323 e. The van der Waals surface area contributed by atoms with E-state index in [-0.39, 0.29) is 5.91 Å². The first-order chi connectivity index (χ1) is 11.3. The SMILES string of the molecule is CC=CC=CC(=O)Nc1ccc(-c2cn3cccnc3n2)cc1. The van der Waals surface area contributed by atoms with Crippen molar-refractivity contribution in [2.75, 3.05) is 5.32 Å². The van der Waals surface area contributed by atoms with Gasteiger partial charge in [0.05, 0.1) is 5.69 Å². The molecule has 2 aromatic heterocycles. The third-order valence-electron chi connectivity index (χ3n) is 3.23. The zero-order valence-corrected chi connectivity index (χ0v) is 12.7. The molecule has 114 valence electrons. The molecule has 0 atom stereocenters. The minimum Gasteiger partial charge on any atom is -0.323 e. The van der Waals surface area contributed by atoms with E-state index in [9.17, 15) is 4.79 Å². The molecular weight excluding hydrogens is 288 g/mol. The quantitative estimate of drug-likeness (QED) is 0.593. The van der Waals surface area contributed by atoms with Crippen LogP contribution in [0.25, 0.3) is 17.0 Å². The summed E-state index contributed by atoms with van der Waals surface area (Å²) in [6.45, 7) is 1.90. The van der Waals surface area contributed by atoms with Gasteiger partial charge in [0, 0.05) is 35.9 Å². The van der Waals surface area contributed by atoms with Gasteiger partial charge >= 0.3 is 0 Å². The van der Waals surface area contributed by atoms with Gasteiger partial charge in [0.1, 0.15) is 0 Å². The summed E-state index contributed by atoms with van der Waals surface area (Å²) in [5.74, 6) is 0.502. The molecule has 3 aromatic rings. The van der Waals surface area contributed by atoms with Crippen LogP contribution in [0.4, 0.5) is 5.69 Å². The van der Waals surface area contributed by atoms with Crippen LogP contribution < -0.4 is 5.32 Å². The number of imidazole rings is 1. The average Bonchev–Trinajstić information content (AvgIpc) is 3.00. The van der Waals surface area contributed by atoms with Crippen LogP contribution in [0.5, 0.6) is 0 Å². The van der Waals surface area contributed by atoms with E-state index >= 15 is 0 Å². The minimum absolute atomic E-state index is 0.159. The van der Waals surface area contributed by atoms with Gasteiger partial charge in [0.2, 0.25) is 11.7 Å². The molecule has 0 unspecified atom stereocenters. The number of aromatic nitrogens is 3. The van der Waals surface area contributed by atoms with Crippen molar-refractivity contribution in [3.8, 4) is 11.3 Å². The van der Waals surface area contributed by atoms with Gasteiger partial charge < -0.3 is 5.32 Å². The Kier molecular flexibility index (Phi) is 4.29. The summed E-state index contributed by atoms with van der Waals surface area (Å²) in [6, 6.07) is 9.42. The Hall–Kier alpha value is -3.21. The van der Waals surface area contributed by atoms with Gasteiger partial charge in [-0.15, -0.1) is 0 Å². The molecule has 0 aliphatic rings. The Morgan fingerprint density at radius 3 is 2.78 bits per heavy atom. The van der Waals surface area contributed by atoms with Crippen LogP contribution in [0.3, 0.4) is 0 Å². The Bertz CT molecular complexity index is 842. The number of amides is 1. The van der Waals surface area contributed by atoms with Gasteiger partial charge in [-0.25, -0.2) is 9.97 Å². The Balaban J connectivity index is 1.75. The molecule has 5 heteroatoms. The summed E-state index contributed by atoms with van der Waals surface area (Å²) in [7, 11) is 0. The molecule has 2 heterocycles. The summed E-state index contributed by atoms with van der Waals surface area (Å²) < 4.78 is 1.87. The highest BCUT2D eigenvalue weighted by atomic mass is 16.1. The number of allylic oxidation sites excluding steroid dienone is 3. The first-order valence-electron chi connectivity index (χ1n) is 7.27. The minimum atomic E-state index is -0.159. The highest BCUT2D eigenvalue weighted by Gasteiger charge is 2.05. The molecule has 5 nitrogen and oxygen atoms in total. The summed E-state index contributed by atoms with van der Waals surface area (Å²) in [5.41, 5.74) is 2.55. The van der Waals surface area contributed by atoms with Gasteiger partial charge in [0.25, 0.3) is 0 Å². The summed E-state index contributed by atoms with van der Waals surface area (Å²) in [5, 5.41) is 2.81. The summed E-state index contributed by atoms with van der Waals surface area (Å²) in [4.78, 5) is 20.4. The summed E-state index contributed by atoms with van der Waals surface area (Å²) in [6.07, 6.45) is 12.4. The number of nitrogens with one attached hydrogen (secondary N) is 1. The molecule has 1 aromatic carbocycles. The fourth-order valence-corrected chi connectivity index (χ4v) is 2.13. The number of hydrogen-bond acceptors (Lipinski definition) is 3. The van der Waals surface area contributed by atoms with Crippen LogP contribution in [0, 0.1) is 0 Å². The molecule has 0 bridgehead atoms. The molecule has 0 saturated carbocycles. The third kappa shape index (κ3) is 3.52. The molecule has 0 aliphatic heterocycles. The van der Waals surface area contributed by atoms with Gasteiger partial charge in [0.15, 0.2) is 0 Å². The number of rotatable bonds is 4. The maximum absolute atomic E-state index is 11.7. The van der Waals surface area contributed by atoms with Crippen molar-refractivity contribution >= 4 is 17.4 Å². The van der Waals surface area contributed by atoms with Crippen LogP contribution in [0.2, 0.25) is 0 Å². The maximum atomic E-state index is 11.7. The molecule has 23 heavy (non-hydrogen) atoms.